The van der Waals surface area contributed by atoms with Crippen molar-refractivity contribution in [1.82, 2.24) is 0 Å². The second-order valence-corrected chi connectivity index (χ2v) is 6.23. The predicted octanol–water partition coefficient (Wildman–Crippen LogP) is 6.30. The van der Waals surface area contributed by atoms with Crippen LogP contribution in [0.3, 0.4) is 0 Å². The van der Waals surface area contributed by atoms with Gasteiger partial charge in [-0.1, -0.05) is 0 Å². The van der Waals surface area contributed by atoms with Crippen LogP contribution in [0.15, 0.2) is 0 Å². The molecule has 206 valence electrons. The Bertz CT molecular complexity index is 707. The summed E-state index contributed by atoms with van der Waals surface area (Å²) in [7, 11) is 0. The third kappa shape index (κ3) is 4.20. The molecule has 0 heterocycles. The zero-order valence-corrected chi connectivity index (χ0v) is 14.7. The van der Waals surface area contributed by atoms with Crippen molar-refractivity contribution < 1.29 is 97.3 Å². The third-order valence-corrected chi connectivity index (χ3v) is 3.94. The van der Waals surface area contributed by atoms with Crippen LogP contribution < -0.4 is 0 Å². The van der Waals surface area contributed by atoms with Crippen molar-refractivity contribution in [2.75, 3.05) is 0 Å². The van der Waals surface area contributed by atoms with E-state index in [9.17, 15) is 92.2 Å². The SMILES string of the molecule is OC(F)C(F)C(F)C(F)C(F)(F)C(F)(F)C(F)(F)C(F)(F)C(F)(F)C(F)(F)C(F)(F)C(F)(F)F. The summed E-state index contributed by atoms with van der Waals surface area (Å²) in [5.74, 6) is -60.7. The lowest BCUT2D eigenvalue weighted by atomic mass is 9.87. The van der Waals surface area contributed by atoms with Crippen molar-refractivity contribution in [3.8, 4) is 0 Å². The minimum atomic E-state index is -9.04. The standard InChI is InChI=1S/C12H5F21O/c13-1(2(14)4(16)34)3(15)5(17,18)6(19,20)7(21,22)8(23,24)9(25,26)10(27,28)11(29,30)12(31,32)33/h1-4,34H. The highest BCUT2D eigenvalue weighted by atomic mass is 19.4. The monoisotopic (exact) mass is 564 g/mol. The molecule has 4 atom stereocenters. The Morgan fingerprint density at radius 3 is 0.912 bits per heavy atom. The summed E-state index contributed by atoms with van der Waals surface area (Å²) < 4.78 is 270. The second kappa shape index (κ2) is 8.56. The maximum absolute atomic E-state index is 13.3. The molecule has 0 saturated heterocycles. The quantitative estimate of drug-likeness (QED) is 0.309. The van der Waals surface area contributed by atoms with Gasteiger partial charge in [0.15, 0.2) is 12.3 Å². The summed E-state index contributed by atoms with van der Waals surface area (Å²) in [4.78, 5) is 0. The molecule has 0 rings (SSSR count). The van der Waals surface area contributed by atoms with Crippen molar-refractivity contribution in [3.05, 3.63) is 0 Å². The van der Waals surface area contributed by atoms with Crippen molar-refractivity contribution >= 4 is 0 Å². The van der Waals surface area contributed by atoms with Crippen LogP contribution in [0.5, 0.6) is 0 Å². The van der Waals surface area contributed by atoms with Crippen LogP contribution in [0.4, 0.5) is 92.2 Å². The summed E-state index contributed by atoms with van der Waals surface area (Å²) in [5.41, 5.74) is 0. The molecule has 4 unspecified atom stereocenters. The summed E-state index contributed by atoms with van der Waals surface area (Å²) in [6, 6.07) is 0. The second-order valence-electron chi connectivity index (χ2n) is 6.23. The van der Waals surface area contributed by atoms with E-state index in [0.29, 0.717) is 0 Å². The van der Waals surface area contributed by atoms with Crippen LogP contribution in [0, 0.1) is 0 Å². The molecule has 0 aromatic carbocycles. The third-order valence-electron chi connectivity index (χ3n) is 3.94. The average molecular weight is 564 g/mol. The van der Waals surface area contributed by atoms with Crippen molar-refractivity contribution in [1.29, 1.82) is 0 Å². The van der Waals surface area contributed by atoms with E-state index >= 15 is 0 Å². The topological polar surface area (TPSA) is 20.2 Å². The van der Waals surface area contributed by atoms with E-state index in [1.165, 1.54) is 0 Å². The smallest absolute Gasteiger partial charge is 0.362 e. The number of hydrogen-bond acceptors (Lipinski definition) is 1. The Morgan fingerprint density at radius 1 is 0.382 bits per heavy atom. The zero-order valence-electron chi connectivity index (χ0n) is 14.7. The number of halogens is 21. The number of aliphatic hydroxyl groups is 1. The Balaban J connectivity index is 6.77. The molecule has 1 nitrogen and oxygen atoms in total. The molecule has 0 amide bonds. The van der Waals surface area contributed by atoms with Gasteiger partial charge in [-0.05, 0) is 0 Å². The van der Waals surface area contributed by atoms with E-state index in [0.717, 1.165) is 0 Å². The van der Waals surface area contributed by atoms with Gasteiger partial charge in [-0.15, -0.1) is 0 Å². The van der Waals surface area contributed by atoms with Gasteiger partial charge in [0.25, 0.3) is 0 Å². The van der Waals surface area contributed by atoms with Gasteiger partial charge in [-0.2, -0.15) is 74.6 Å². The molecule has 0 aliphatic rings. The van der Waals surface area contributed by atoms with E-state index in [-0.39, 0.29) is 0 Å². The zero-order chi connectivity index (χ0) is 28.3. The molecule has 0 radical (unpaired) electrons. The van der Waals surface area contributed by atoms with E-state index < -0.39 is 72.5 Å². The fraction of sp³-hybridized carbons (Fsp3) is 1.00. The molecule has 34 heavy (non-hydrogen) atoms. The van der Waals surface area contributed by atoms with Gasteiger partial charge in [-0.25, -0.2) is 17.6 Å². The Kier molecular flexibility index (Phi) is 8.18. The molecule has 0 aliphatic carbocycles. The normalized spacial score (nSPS) is 19.6. The van der Waals surface area contributed by atoms with Gasteiger partial charge in [-0.3, -0.25) is 0 Å². The van der Waals surface area contributed by atoms with E-state index in [4.69, 9.17) is 5.11 Å². The predicted molar refractivity (Wildman–Crippen MR) is 62.5 cm³/mol. The first-order valence-electron chi connectivity index (χ1n) is 7.38. The van der Waals surface area contributed by atoms with Crippen LogP contribution in [0.2, 0.25) is 0 Å². The lowest BCUT2D eigenvalue weighted by Crippen LogP contribution is -2.75. The fourth-order valence-electron chi connectivity index (χ4n) is 1.86. The maximum Gasteiger partial charge on any atom is 0.460 e. The molecule has 1 N–H and O–H groups in total. The number of aliphatic hydroxyl groups excluding tert-OH is 1. The van der Waals surface area contributed by atoms with Crippen molar-refractivity contribution in [3.63, 3.8) is 0 Å². The Morgan fingerprint density at radius 2 is 0.647 bits per heavy atom. The summed E-state index contributed by atoms with van der Waals surface area (Å²) in [6.07, 6.45) is -28.2. The van der Waals surface area contributed by atoms with Gasteiger partial charge >= 0.3 is 47.6 Å². The largest absolute Gasteiger partial charge is 0.460 e. The van der Waals surface area contributed by atoms with Gasteiger partial charge < -0.3 is 5.11 Å². The highest BCUT2D eigenvalue weighted by Crippen LogP contribution is 2.64. The average Bonchev–Trinajstić information content (AvgIpc) is 2.63. The van der Waals surface area contributed by atoms with Gasteiger partial charge in [0.1, 0.15) is 0 Å². The van der Waals surface area contributed by atoms with Crippen LogP contribution in [0.1, 0.15) is 0 Å². The number of rotatable bonds is 10. The molecular weight excluding hydrogens is 559 g/mol. The molecule has 0 aromatic rings. The Labute approximate surface area is 171 Å². The lowest BCUT2D eigenvalue weighted by molar-refractivity contribution is -0.463. The molecular formula is C12H5F21O. The molecule has 22 heteroatoms. The van der Waals surface area contributed by atoms with E-state index in [2.05, 4.69) is 0 Å². The van der Waals surface area contributed by atoms with Gasteiger partial charge in [0, 0.05) is 0 Å². The molecule has 0 saturated carbocycles. The fourth-order valence-corrected chi connectivity index (χ4v) is 1.86. The maximum atomic E-state index is 13.3. The molecule has 0 fully saturated rings. The van der Waals surface area contributed by atoms with Crippen LogP contribution in [0.25, 0.3) is 0 Å². The minimum Gasteiger partial charge on any atom is -0.362 e. The molecule has 0 bridgehead atoms. The number of hydrogen-bond donors (Lipinski definition) is 1. The summed E-state index contributed by atoms with van der Waals surface area (Å²) in [6.45, 7) is 0. The summed E-state index contributed by atoms with van der Waals surface area (Å²) >= 11 is 0. The first-order chi connectivity index (χ1) is 14.4. The van der Waals surface area contributed by atoms with E-state index in [1.54, 1.807) is 0 Å². The molecule has 0 aromatic heterocycles. The first-order valence-corrected chi connectivity index (χ1v) is 7.38. The van der Waals surface area contributed by atoms with Gasteiger partial charge in [0.05, 0.1) is 0 Å². The first kappa shape index (κ1) is 32.5. The lowest BCUT2D eigenvalue weighted by Gasteiger charge is -2.43. The van der Waals surface area contributed by atoms with Crippen molar-refractivity contribution in [2.45, 2.75) is 72.5 Å². The van der Waals surface area contributed by atoms with Crippen molar-refractivity contribution in [2.24, 2.45) is 0 Å². The molecule has 0 spiro atoms. The number of alkyl halides is 21. The highest BCUT2D eigenvalue weighted by molar-refractivity contribution is 5.16. The van der Waals surface area contributed by atoms with Crippen LogP contribution in [-0.4, -0.2) is 77.6 Å². The molecule has 0 aliphatic heterocycles. The van der Waals surface area contributed by atoms with Crippen LogP contribution >= 0.6 is 0 Å². The Hall–Kier alpha value is -1.51. The van der Waals surface area contributed by atoms with Gasteiger partial charge in [0.2, 0.25) is 12.5 Å². The van der Waals surface area contributed by atoms with Crippen LogP contribution in [-0.2, 0) is 0 Å². The van der Waals surface area contributed by atoms with E-state index in [1.807, 2.05) is 0 Å². The minimum absolute atomic E-state index is 4.38. The summed E-state index contributed by atoms with van der Waals surface area (Å²) in [5, 5.41) is 7.84. The highest BCUT2D eigenvalue weighted by Gasteiger charge is 2.95.